The number of carboxylic acid groups (broad SMARTS) is 1. The van der Waals surface area contributed by atoms with Crippen molar-refractivity contribution in [2.24, 2.45) is 5.92 Å². The molecule has 0 saturated heterocycles. The van der Waals surface area contributed by atoms with Crippen molar-refractivity contribution in [1.29, 1.82) is 0 Å². The van der Waals surface area contributed by atoms with Gasteiger partial charge >= 0.3 is 5.97 Å². The first-order chi connectivity index (χ1) is 9.08. The average Bonchev–Trinajstić information content (AvgIpc) is 2.43. The maximum absolute atomic E-state index is 11.9. The molecule has 1 aromatic carbocycles. The van der Waals surface area contributed by atoms with Gasteiger partial charge in [-0.3, -0.25) is 4.79 Å². The van der Waals surface area contributed by atoms with Crippen molar-refractivity contribution in [2.75, 3.05) is 6.54 Å². The van der Waals surface area contributed by atoms with Crippen LogP contribution in [0.15, 0.2) is 24.3 Å². The van der Waals surface area contributed by atoms with E-state index in [1.807, 2.05) is 18.2 Å². The standard InChI is InChI=1S/C14H17NO4/c16-12(14(18)19)8-15-13(17)11-6-5-9-3-1-2-4-10(9)7-11/h1-4,11-12,16H,5-8H2,(H,15,17)(H,18,19)/t11?,12-/m0/s1. The molecule has 2 rings (SSSR count). The van der Waals surface area contributed by atoms with Crippen molar-refractivity contribution < 1.29 is 19.8 Å². The molecule has 1 aromatic rings. The number of aryl methyl sites for hydroxylation is 1. The van der Waals surface area contributed by atoms with E-state index in [0.717, 1.165) is 12.8 Å². The van der Waals surface area contributed by atoms with Crippen LogP contribution < -0.4 is 5.32 Å². The highest BCUT2D eigenvalue weighted by Gasteiger charge is 2.25. The third-order valence-corrected chi connectivity index (χ3v) is 3.47. The summed E-state index contributed by atoms with van der Waals surface area (Å²) in [7, 11) is 0. The summed E-state index contributed by atoms with van der Waals surface area (Å²) in [5.74, 6) is -1.65. The lowest BCUT2D eigenvalue weighted by molar-refractivity contribution is -0.146. The topological polar surface area (TPSA) is 86.6 Å². The second-order valence-electron chi connectivity index (χ2n) is 4.81. The van der Waals surface area contributed by atoms with Crippen molar-refractivity contribution in [3.05, 3.63) is 35.4 Å². The van der Waals surface area contributed by atoms with E-state index in [-0.39, 0.29) is 18.4 Å². The molecule has 5 heteroatoms. The Bertz CT molecular complexity index is 486. The highest BCUT2D eigenvalue weighted by Crippen LogP contribution is 2.25. The molecule has 0 heterocycles. The fourth-order valence-corrected chi connectivity index (χ4v) is 2.35. The predicted octanol–water partition coefficient (Wildman–Crippen LogP) is 0.353. The number of benzene rings is 1. The molecule has 19 heavy (non-hydrogen) atoms. The average molecular weight is 263 g/mol. The minimum absolute atomic E-state index is 0.143. The number of hydrogen-bond acceptors (Lipinski definition) is 3. The van der Waals surface area contributed by atoms with E-state index in [1.165, 1.54) is 11.1 Å². The summed E-state index contributed by atoms with van der Waals surface area (Å²) in [6.45, 7) is -0.244. The molecule has 0 aromatic heterocycles. The fraction of sp³-hybridized carbons (Fsp3) is 0.429. The van der Waals surface area contributed by atoms with E-state index in [1.54, 1.807) is 0 Å². The number of aliphatic hydroxyl groups is 1. The van der Waals surface area contributed by atoms with Gasteiger partial charge in [-0.15, -0.1) is 0 Å². The highest BCUT2D eigenvalue weighted by atomic mass is 16.4. The molecule has 0 fully saturated rings. The number of fused-ring (bicyclic) bond motifs is 1. The molecule has 1 aliphatic carbocycles. The second kappa shape index (κ2) is 5.84. The molecule has 0 aliphatic heterocycles. The monoisotopic (exact) mass is 263 g/mol. The summed E-state index contributed by atoms with van der Waals surface area (Å²) >= 11 is 0. The van der Waals surface area contributed by atoms with Crippen LogP contribution in [0.3, 0.4) is 0 Å². The van der Waals surface area contributed by atoms with Gasteiger partial charge in [-0.25, -0.2) is 4.79 Å². The summed E-state index contributed by atoms with van der Waals surface area (Å²) in [4.78, 5) is 22.4. The molecule has 1 amide bonds. The van der Waals surface area contributed by atoms with Gasteiger partial charge in [0.05, 0.1) is 6.54 Å². The summed E-state index contributed by atoms with van der Waals surface area (Å²) < 4.78 is 0. The fourth-order valence-electron chi connectivity index (χ4n) is 2.35. The molecule has 2 atom stereocenters. The highest BCUT2D eigenvalue weighted by molar-refractivity contribution is 5.80. The van der Waals surface area contributed by atoms with Crippen LogP contribution in [0.5, 0.6) is 0 Å². The minimum Gasteiger partial charge on any atom is -0.479 e. The Morgan fingerprint density at radius 1 is 1.32 bits per heavy atom. The number of carbonyl (C=O) groups is 2. The Morgan fingerprint density at radius 2 is 2.00 bits per heavy atom. The minimum atomic E-state index is -1.54. The van der Waals surface area contributed by atoms with E-state index in [2.05, 4.69) is 11.4 Å². The molecule has 5 nitrogen and oxygen atoms in total. The number of aliphatic hydroxyl groups excluding tert-OH is 1. The maximum Gasteiger partial charge on any atom is 0.334 e. The number of rotatable bonds is 4. The number of carbonyl (C=O) groups excluding carboxylic acids is 1. The summed E-state index contributed by atoms with van der Waals surface area (Å²) in [6, 6.07) is 8.02. The van der Waals surface area contributed by atoms with Crippen molar-refractivity contribution >= 4 is 11.9 Å². The molecule has 1 unspecified atom stereocenters. The number of hydrogen-bond donors (Lipinski definition) is 3. The quantitative estimate of drug-likeness (QED) is 0.731. The van der Waals surface area contributed by atoms with Crippen LogP contribution in [-0.4, -0.2) is 34.7 Å². The van der Waals surface area contributed by atoms with Crippen LogP contribution >= 0.6 is 0 Å². The van der Waals surface area contributed by atoms with E-state index in [4.69, 9.17) is 10.2 Å². The van der Waals surface area contributed by atoms with Gasteiger partial charge in [0, 0.05) is 5.92 Å². The third-order valence-electron chi connectivity index (χ3n) is 3.47. The van der Waals surface area contributed by atoms with Crippen molar-refractivity contribution in [2.45, 2.75) is 25.4 Å². The van der Waals surface area contributed by atoms with E-state index in [9.17, 15) is 9.59 Å². The van der Waals surface area contributed by atoms with Crippen molar-refractivity contribution in [1.82, 2.24) is 5.32 Å². The first-order valence-electron chi connectivity index (χ1n) is 6.33. The molecule has 0 saturated carbocycles. The summed E-state index contributed by atoms with van der Waals surface area (Å²) in [5, 5.41) is 20.1. The van der Waals surface area contributed by atoms with E-state index in [0.29, 0.717) is 6.42 Å². The van der Waals surface area contributed by atoms with Crippen LogP contribution in [-0.2, 0) is 22.4 Å². The molecule has 0 spiro atoms. The van der Waals surface area contributed by atoms with Crippen LogP contribution in [0, 0.1) is 5.92 Å². The third kappa shape index (κ3) is 3.32. The van der Waals surface area contributed by atoms with Crippen LogP contribution in [0.2, 0.25) is 0 Å². The van der Waals surface area contributed by atoms with Gasteiger partial charge in [0.15, 0.2) is 6.10 Å². The lowest BCUT2D eigenvalue weighted by Crippen LogP contribution is -2.40. The zero-order valence-corrected chi connectivity index (χ0v) is 10.5. The Labute approximate surface area is 111 Å². The zero-order chi connectivity index (χ0) is 13.8. The lowest BCUT2D eigenvalue weighted by Gasteiger charge is -2.24. The number of nitrogens with one attached hydrogen (secondary N) is 1. The second-order valence-corrected chi connectivity index (χ2v) is 4.81. The SMILES string of the molecule is O=C(NC[C@H](O)C(=O)O)C1CCc2ccccc2C1. The van der Waals surface area contributed by atoms with E-state index >= 15 is 0 Å². The predicted molar refractivity (Wildman–Crippen MR) is 68.6 cm³/mol. The van der Waals surface area contributed by atoms with Crippen LogP contribution in [0.25, 0.3) is 0 Å². The Balaban J connectivity index is 1.90. The van der Waals surface area contributed by atoms with E-state index < -0.39 is 12.1 Å². The van der Waals surface area contributed by atoms with Crippen LogP contribution in [0.4, 0.5) is 0 Å². The number of amides is 1. The zero-order valence-electron chi connectivity index (χ0n) is 10.5. The maximum atomic E-state index is 11.9. The van der Waals surface area contributed by atoms with Gasteiger partial charge in [-0.2, -0.15) is 0 Å². The molecular weight excluding hydrogens is 246 g/mol. The van der Waals surface area contributed by atoms with Gasteiger partial charge in [-0.05, 0) is 30.4 Å². The number of carboxylic acids is 1. The molecule has 102 valence electrons. The van der Waals surface area contributed by atoms with Gasteiger partial charge in [-0.1, -0.05) is 24.3 Å². The smallest absolute Gasteiger partial charge is 0.334 e. The van der Waals surface area contributed by atoms with Gasteiger partial charge in [0.25, 0.3) is 0 Å². The normalized spacial score (nSPS) is 19.3. The Morgan fingerprint density at radius 3 is 2.68 bits per heavy atom. The molecular formula is C14H17NO4. The van der Waals surface area contributed by atoms with Gasteiger partial charge in [0.1, 0.15) is 0 Å². The molecule has 0 bridgehead atoms. The van der Waals surface area contributed by atoms with Crippen molar-refractivity contribution in [3.63, 3.8) is 0 Å². The number of aliphatic carboxylic acids is 1. The first kappa shape index (κ1) is 13.5. The molecule has 1 aliphatic rings. The van der Waals surface area contributed by atoms with Crippen molar-refractivity contribution in [3.8, 4) is 0 Å². The lowest BCUT2D eigenvalue weighted by atomic mass is 9.83. The molecule has 0 radical (unpaired) electrons. The summed E-state index contributed by atoms with van der Waals surface area (Å²) in [6.07, 6.45) is 0.743. The summed E-state index contributed by atoms with van der Waals surface area (Å²) in [5.41, 5.74) is 2.45. The molecule has 3 N–H and O–H groups in total. The van der Waals surface area contributed by atoms with Gasteiger partial charge in [0.2, 0.25) is 5.91 Å². The van der Waals surface area contributed by atoms with Crippen LogP contribution in [0.1, 0.15) is 17.5 Å². The van der Waals surface area contributed by atoms with Gasteiger partial charge < -0.3 is 15.5 Å². The largest absolute Gasteiger partial charge is 0.479 e. The Kier molecular flexibility index (Phi) is 4.16. The first-order valence-corrected chi connectivity index (χ1v) is 6.33. The Hall–Kier alpha value is -1.88.